The zero-order valence-electron chi connectivity index (χ0n) is 30.8. The molecule has 0 amide bonds. The van der Waals surface area contributed by atoms with Crippen LogP contribution in [0.2, 0.25) is 0 Å². The lowest BCUT2D eigenvalue weighted by Crippen LogP contribution is -2.53. The third-order valence-corrected chi connectivity index (χ3v) is 19.4. The van der Waals surface area contributed by atoms with Crippen molar-refractivity contribution in [2.24, 2.45) is 0 Å². The molecule has 0 aromatic heterocycles. The number of hydrazine groups is 3. The van der Waals surface area contributed by atoms with E-state index in [2.05, 4.69) is 263 Å². The van der Waals surface area contributed by atoms with Crippen LogP contribution in [0.15, 0.2) is 243 Å². The maximum atomic E-state index is 4.05. The maximum absolute atomic E-state index is 4.05. The molecule has 0 fully saturated rings. The summed E-state index contributed by atoms with van der Waals surface area (Å²) in [5.74, 6) is 0. The van der Waals surface area contributed by atoms with Gasteiger partial charge in [-0.15, -0.1) is 0 Å². The maximum Gasteiger partial charge on any atom is 0.0502 e. The molecular formula is C48H42N4P4. The van der Waals surface area contributed by atoms with Crippen LogP contribution in [0.4, 0.5) is 0 Å². The van der Waals surface area contributed by atoms with Crippen molar-refractivity contribution < 1.29 is 0 Å². The first kappa shape index (κ1) is 38.2. The van der Waals surface area contributed by atoms with Gasteiger partial charge in [0, 0.05) is 0 Å². The summed E-state index contributed by atoms with van der Waals surface area (Å²) in [7, 11) is -4.44. The Balaban J connectivity index is 1.35. The molecule has 0 atom stereocenters. The monoisotopic (exact) mass is 798 g/mol. The molecule has 8 aromatic rings. The zero-order chi connectivity index (χ0) is 37.8. The Bertz CT molecular complexity index is 1840. The zero-order valence-corrected chi connectivity index (χ0v) is 34.4. The molecule has 4 nitrogen and oxygen atoms in total. The molecule has 56 heavy (non-hydrogen) atoms. The summed E-state index contributed by atoms with van der Waals surface area (Å²) in [5, 5.41) is 10.1. The summed E-state index contributed by atoms with van der Waals surface area (Å²) in [6.07, 6.45) is 0. The predicted octanol–water partition coefficient (Wildman–Crippen LogP) is 8.71. The number of benzene rings is 8. The van der Waals surface area contributed by atoms with E-state index < -0.39 is 32.3 Å². The summed E-state index contributed by atoms with van der Waals surface area (Å²) in [4.78, 5) is 0. The summed E-state index contributed by atoms with van der Waals surface area (Å²) >= 11 is 0. The van der Waals surface area contributed by atoms with Crippen molar-refractivity contribution in [1.29, 1.82) is 0 Å². The van der Waals surface area contributed by atoms with Gasteiger partial charge >= 0.3 is 0 Å². The van der Waals surface area contributed by atoms with Gasteiger partial charge in [-0.2, -0.15) is 20.2 Å². The molecule has 0 radical (unpaired) electrons. The number of nitrogens with zero attached hydrogens (tertiary/aromatic N) is 2. The largest absolute Gasteiger partial charge is 0.169 e. The van der Waals surface area contributed by atoms with Crippen molar-refractivity contribution in [3.05, 3.63) is 243 Å². The third-order valence-electron chi connectivity index (χ3n) is 9.01. The minimum absolute atomic E-state index is 1.11. The molecule has 274 valence electrons. The number of rotatable bonds is 15. The summed E-state index contributed by atoms with van der Waals surface area (Å²) < 4.78 is 5.08. The topological polar surface area (TPSA) is 30.5 Å². The van der Waals surface area contributed by atoms with E-state index in [1.807, 2.05) is 0 Å². The highest BCUT2D eigenvalue weighted by Crippen LogP contribution is 2.55. The Labute approximate surface area is 336 Å². The van der Waals surface area contributed by atoms with E-state index in [1.165, 1.54) is 42.4 Å². The average Bonchev–Trinajstić information content (AvgIpc) is 3.28. The molecule has 0 saturated heterocycles. The fourth-order valence-electron chi connectivity index (χ4n) is 6.49. The molecule has 0 aliphatic rings. The van der Waals surface area contributed by atoms with E-state index in [4.69, 9.17) is 0 Å². The summed E-state index contributed by atoms with van der Waals surface area (Å²) in [6.45, 7) is 0. The van der Waals surface area contributed by atoms with E-state index >= 15 is 0 Å². The molecule has 0 aliphatic heterocycles. The Morgan fingerprint density at radius 2 is 0.321 bits per heavy atom. The molecule has 0 saturated carbocycles. The molecule has 8 aromatic carbocycles. The van der Waals surface area contributed by atoms with Crippen molar-refractivity contribution >= 4 is 74.7 Å². The third kappa shape index (κ3) is 9.13. The van der Waals surface area contributed by atoms with E-state index in [-0.39, 0.29) is 0 Å². The van der Waals surface area contributed by atoms with Crippen LogP contribution in [0.3, 0.4) is 0 Å². The molecule has 8 rings (SSSR count). The highest BCUT2D eigenvalue weighted by Gasteiger charge is 2.36. The van der Waals surface area contributed by atoms with Crippen LogP contribution in [0.1, 0.15) is 0 Å². The first-order valence-corrected chi connectivity index (χ1v) is 23.7. The van der Waals surface area contributed by atoms with Crippen molar-refractivity contribution in [1.82, 2.24) is 20.2 Å². The van der Waals surface area contributed by atoms with Crippen LogP contribution >= 0.6 is 32.3 Å². The van der Waals surface area contributed by atoms with Gasteiger partial charge in [-0.25, -0.2) is 0 Å². The molecule has 2 N–H and O–H groups in total. The summed E-state index contributed by atoms with van der Waals surface area (Å²) in [6, 6.07) is 87.8. The minimum Gasteiger partial charge on any atom is -0.169 e. The van der Waals surface area contributed by atoms with Gasteiger partial charge in [-0.3, -0.25) is 0 Å². The standard InChI is InChI=1S/C48H42N4P4/c1-9-25-41(26-10-1)53(42-27-11-2-12-28-42)51(54(43-29-13-3-14-30-43)44-31-15-4-16-32-44)49-50-52(55(45-33-17-5-18-34-45)46-35-19-6-20-36-46)56(47-37-21-7-22-38-47)48-39-23-8-24-40-48/h1-40,49-50H. The van der Waals surface area contributed by atoms with E-state index in [0.717, 1.165) is 0 Å². The van der Waals surface area contributed by atoms with Gasteiger partial charge in [0.05, 0.1) is 32.3 Å². The smallest absolute Gasteiger partial charge is 0.0502 e. The first-order valence-electron chi connectivity index (χ1n) is 18.6. The van der Waals surface area contributed by atoms with Gasteiger partial charge in [-0.05, 0) is 42.4 Å². The Morgan fingerprint density at radius 1 is 0.196 bits per heavy atom. The lowest BCUT2D eigenvalue weighted by molar-refractivity contribution is 0.326. The second-order valence-electron chi connectivity index (χ2n) is 12.7. The fraction of sp³-hybridized carbons (Fsp3) is 0. The molecular weight excluding hydrogens is 756 g/mol. The Kier molecular flexibility index (Phi) is 13.3. The van der Waals surface area contributed by atoms with Gasteiger partial charge in [0.2, 0.25) is 0 Å². The molecule has 0 bridgehead atoms. The normalized spacial score (nSPS) is 11.6. The highest BCUT2D eigenvalue weighted by atomic mass is 31.2. The van der Waals surface area contributed by atoms with Crippen LogP contribution < -0.4 is 53.5 Å². The number of hydrogen-bond acceptors (Lipinski definition) is 4. The SMILES string of the molecule is c1ccc(P(c2ccccc2)N(NNN(P(c2ccccc2)c2ccccc2)P(c2ccccc2)c2ccccc2)P(c2ccccc2)c2ccccc2)cc1. The summed E-state index contributed by atoms with van der Waals surface area (Å²) in [5.41, 5.74) is 8.11. The van der Waals surface area contributed by atoms with Crippen LogP contribution in [0, 0.1) is 0 Å². The van der Waals surface area contributed by atoms with Crippen LogP contribution in [-0.4, -0.2) is 9.10 Å². The van der Waals surface area contributed by atoms with Crippen molar-refractivity contribution in [2.75, 3.05) is 0 Å². The predicted molar refractivity (Wildman–Crippen MR) is 246 cm³/mol. The van der Waals surface area contributed by atoms with Crippen molar-refractivity contribution in [3.8, 4) is 0 Å². The molecule has 0 heterocycles. The first-order chi connectivity index (χ1) is 27.8. The second kappa shape index (κ2) is 19.5. The van der Waals surface area contributed by atoms with Crippen LogP contribution in [0.25, 0.3) is 0 Å². The van der Waals surface area contributed by atoms with Gasteiger partial charge in [-0.1, -0.05) is 243 Å². The van der Waals surface area contributed by atoms with Crippen LogP contribution in [0.5, 0.6) is 0 Å². The number of nitrogens with one attached hydrogen (secondary N) is 2. The second-order valence-corrected chi connectivity index (χ2v) is 21.6. The average molecular weight is 799 g/mol. The van der Waals surface area contributed by atoms with Gasteiger partial charge in [0.15, 0.2) is 0 Å². The molecule has 8 heteroatoms. The van der Waals surface area contributed by atoms with E-state index in [0.29, 0.717) is 0 Å². The van der Waals surface area contributed by atoms with Gasteiger partial charge in [0.25, 0.3) is 0 Å². The van der Waals surface area contributed by atoms with Gasteiger partial charge in [0.1, 0.15) is 0 Å². The van der Waals surface area contributed by atoms with E-state index in [9.17, 15) is 0 Å². The van der Waals surface area contributed by atoms with E-state index in [1.54, 1.807) is 0 Å². The molecule has 0 spiro atoms. The van der Waals surface area contributed by atoms with Crippen molar-refractivity contribution in [2.45, 2.75) is 0 Å². The highest BCUT2D eigenvalue weighted by molar-refractivity contribution is 7.85. The Morgan fingerprint density at radius 3 is 0.446 bits per heavy atom. The van der Waals surface area contributed by atoms with Crippen molar-refractivity contribution in [3.63, 3.8) is 0 Å². The van der Waals surface area contributed by atoms with Gasteiger partial charge < -0.3 is 0 Å². The molecule has 0 aliphatic carbocycles. The van der Waals surface area contributed by atoms with Crippen LogP contribution in [-0.2, 0) is 0 Å². The quantitative estimate of drug-likeness (QED) is 0.0804. The molecule has 0 unspecified atom stereocenters. The lowest BCUT2D eigenvalue weighted by Gasteiger charge is -2.43. The Hall–Kier alpha value is -4.68. The minimum atomic E-state index is -1.11. The number of hydrogen-bond donors (Lipinski definition) is 2. The fourth-order valence-corrected chi connectivity index (χ4v) is 17.6. The lowest BCUT2D eigenvalue weighted by atomic mass is 10.4.